The van der Waals surface area contributed by atoms with Crippen LogP contribution in [0.2, 0.25) is 0 Å². The third kappa shape index (κ3) is 4.41. The van der Waals surface area contributed by atoms with Crippen molar-refractivity contribution in [1.82, 2.24) is 15.2 Å². The van der Waals surface area contributed by atoms with Crippen LogP contribution in [0.1, 0.15) is 49.0 Å². The van der Waals surface area contributed by atoms with Crippen molar-refractivity contribution in [2.75, 3.05) is 13.1 Å². The molecule has 1 fully saturated rings. The second kappa shape index (κ2) is 9.00. The number of hydrogen-bond acceptors (Lipinski definition) is 3. The van der Waals surface area contributed by atoms with Gasteiger partial charge in [-0.25, -0.2) is 0 Å². The molecule has 3 rings (SSSR count). The molecule has 1 aliphatic rings. The number of carbonyl (C=O) groups excluding carboxylic acids is 2. The number of amides is 2. The van der Waals surface area contributed by atoms with E-state index in [1.165, 1.54) is 0 Å². The van der Waals surface area contributed by atoms with Crippen LogP contribution in [-0.2, 0) is 4.79 Å². The van der Waals surface area contributed by atoms with Gasteiger partial charge in [0.25, 0.3) is 5.91 Å². The number of likely N-dealkylation sites (tertiary alicyclic amines) is 1. The number of benzene rings is 1. The molecule has 5 nitrogen and oxygen atoms in total. The molecule has 148 valence electrons. The maximum atomic E-state index is 13.2. The number of carbonyl (C=O) groups is 2. The molecular formula is C23H29N3O2. The predicted molar refractivity (Wildman–Crippen MR) is 111 cm³/mol. The molecule has 0 saturated carbocycles. The summed E-state index contributed by atoms with van der Waals surface area (Å²) >= 11 is 0. The fraction of sp³-hybridized carbons (Fsp3) is 0.435. The fourth-order valence-corrected chi connectivity index (χ4v) is 3.61. The zero-order valence-corrected chi connectivity index (χ0v) is 16.9. The highest BCUT2D eigenvalue weighted by atomic mass is 16.2. The lowest BCUT2D eigenvalue weighted by molar-refractivity contribution is -0.126. The molecule has 1 aromatic carbocycles. The Balaban J connectivity index is 1.72. The highest BCUT2D eigenvalue weighted by Crippen LogP contribution is 2.27. The Kier molecular flexibility index (Phi) is 6.45. The molecule has 1 atom stereocenters. The zero-order valence-electron chi connectivity index (χ0n) is 16.9. The van der Waals surface area contributed by atoms with E-state index in [4.69, 9.17) is 0 Å². The van der Waals surface area contributed by atoms with E-state index in [1.807, 2.05) is 49.1 Å². The van der Waals surface area contributed by atoms with Gasteiger partial charge in [0, 0.05) is 36.8 Å². The second-order valence-electron chi connectivity index (χ2n) is 7.60. The number of aryl methyl sites for hydroxylation is 1. The predicted octanol–water partition coefficient (Wildman–Crippen LogP) is 3.82. The first-order valence-electron chi connectivity index (χ1n) is 10.1. The van der Waals surface area contributed by atoms with Gasteiger partial charge in [-0.3, -0.25) is 14.6 Å². The van der Waals surface area contributed by atoms with E-state index in [2.05, 4.69) is 17.2 Å². The summed E-state index contributed by atoms with van der Waals surface area (Å²) in [7, 11) is 0. The normalized spacial score (nSPS) is 15.9. The van der Waals surface area contributed by atoms with Gasteiger partial charge < -0.3 is 10.2 Å². The van der Waals surface area contributed by atoms with E-state index in [0.717, 1.165) is 23.2 Å². The summed E-state index contributed by atoms with van der Waals surface area (Å²) < 4.78 is 0. The average Bonchev–Trinajstić information content (AvgIpc) is 2.73. The van der Waals surface area contributed by atoms with Crippen LogP contribution in [0.25, 0.3) is 11.3 Å². The molecule has 1 aliphatic heterocycles. The van der Waals surface area contributed by atoms with Crippen LogP contribution in [0.5, 0.6) is 0 Å². The Morgan fingerprint density at radius 1 is 1.18 bits per heavy atom. The molecule has 0 radical (unpaired) electrons. The first-order chi connectivity index (χ1) is 13.5. The first kappa shape index (κ1) is 20.1. The molecule has 5 heteroatoms. The summed E-state index contributed by atoms with van der Waals surface area (Å²) in [5.41, 5.74) is 3.42. The highest BCUT2D eigenvalue weighted by Gasteiger charge is 2.29. The molecule has 1 saturated heterocycles. The standard InChI is InChI=1S/C23H29N3O2/c1-4-17(3)25-22(27)18-11-14-26(15-12-18)23(28)20-10-7-13-24-21(20)19-9-6-5-8-16(19)2/h5-10,13,17-18H,4,11-12,14-15H2,1-3H3,(H,25,27)/t17-/m0/s1. The van der Waals surface area contributed by atoms with E-state index in [9.17, 15) is 9.59 Å². The lowest BCUT2D eigenvalue weighted by atomic mass is 9.94. The van der Waals surface area contributed by atoms with Crippen molar-refractivity contribution in [2.45, 2.75) is 46.1 Å². The number of aromatic nitrogens is 1. The van der Waals surface area contributed by atoms with E-state index in [0.29, 0.717) is 31.5 Å². The van der Waals surface area contributed by atoms with Gasteiger partial charge in [0.1, 0.15) is 0 Å². The Labute approximate surface area is 167 Å². The Morgan fingerprint density at radius 3 is 2.57 bits per heavy atom. The van der Waals surface area contributed by atoms with Gasteiger partial charge in [-0.05, 0) is 50.8 Å². The quantitative estimate of drug-likeness (QED) is 0.859. The van der Waals surface area contributed by atoms with Gasteiger partial charge >= 0.3 is 0 Å². The van der Waals surface area contributed by atoms with E-state index in [1.54, 1.807) is 12.3 Å². The van der Waals surface area contributed by atoms with Crippen molar-refractivity contribution in [3.05, 3.63) is 53.7 Å². The Morgan fingerprint density at radius 2 is 1.89 bits per heavy atom. The van der Waals surface area contributed by atoms with Gasteiger partial charge in [0.2, 0.25) is 5.91 Å². The van der Waals surface area contributed by atoms with Crippen molar-refractivity contribution < 1.29 is 9.59 Å². The first-order valence-corrected chi connectivity index (χ1v) is 10.1. The number of nitrogens with one attached hydrogen (secondary N) is 1. The molecule has 0 spiro atoms. The van der Waals surface area contributed by atoms with Gasteiger partial charge in [-0.2, -0.15) is 0 Å². The van der Waals surface area contributed by atoms with Crippen LogP contribution >= 0.6 is 0 Å². The third-order valence-corrected chi connectivity index (χ3v) is 5.59. The summed E-state index contributed by atoms with van der Waals surface area (Å²) in [5, 5.41) is 3.06. The largest absolute Gasteiger partial charge is 0.353 e. The molecule has 2 amide bonds. The van der Waals surface area contributed by atoms with Gasteiger partial charge in [-0.1, -0.05) is 31.2 Å². The van der Waals surface area contributed by atoms with Crippen LogP contribution < -0.4 is 5.32 Å². The SMILES string of the molecule is CC[C@H](C)NC(=O)C1CCN(C(=O)c2cccnc2-c2ccccc2C)CC1. The maximum Gasteiger partial charge on any atom is 0.256 e. The molecule has 1 N–H and O–H groups in total. The van der Waals surface area contributed by atoms with Gasteiger partial charge in [0.15, 0.2) is 0 Å². The van der Waals surface area contributed by atoms with Crippen molar-refractivity contribution in [3.63, 3.8) is 0 Å². The Bertz CT molecular complexity index is 841. The minimum Gasteiger partial charge on any atom is -0.353 e. The molecule has 1 aromatic heterocycles. The van der Waals surface area contributed by atoms with Crippen molar-refractivity contribution in [1.29, 1.82) is 0 Å². The zero-order chi connectivity index (χ0) is 20.1. The molecule has 28 heavy (non-hydrogen) atoms. The lowest BCUT2D eigenvalue weighted by Crippen LogP contribution is -2.44. The second-order valence-corrected chi connectivity index (χ2v) is 7.60. The lowest BCUT2D eigenvalue weighted by Gasteiger charge is -2.32. The van der Waals surface area contributed by atoms with Crippen LogP contribution in [0.3, 0.4) is 0 Å². The summed E-state index contributed by atoms with van der Waals surface area (Å²) in [6, 6.07) is 11.8. The van der Waals surface area contributed by atoms with Crippen LogP contribution in [0, 0.1) is 12.8 Å². The highest BCUT2D eigenvalue weighted by molar-refractivity contribution is 6.00. The fourth-order valence-electron chi connectivity index (χ4n) is 3.61. The molecule has 0 unspecified atom stereocenters. The molecular weight excluding hydrogens is 350 g/mol. The molecule has 2 aromatic rings. The minimum absolute atomic E-state index is 0.00728. The summed E-state index contributed by atoms with van der Waals surface area (Å²) in [4.78, 5) is 31.9. The van der Waals surface area contributed by atoms with Crippen molar-refractivity contribution >= 4 is 11.8 Å². The van der Waals surface area contributed by atoms with E-state index in [-0.39, 0.29) is 23.8 Å². The number of rotatable bonds is 5. The summed E-state index contributed by atoms with van der Waals surface area (Å²) in [6.07, 6.45) is 4.05. The minimum atomic E-state index is -0.0113. The smallest absolute Gasteiger partial charge is 0.256 e. The number of nitrogens with zero attached hydrogens (tertiary/aromatic N) is 2. The molecule has 0 bridgehead atoms. The van der Waals surface area contributed by atoms with Crippen LogP contribution in [0.15, 0.2) is 42.6 Å². The molecule has 2 heterocycles. The van der Waals surface area contributed by atoms with Crippen LogP contribution in [0.4, 0.5) is 0 Å². The van der Waals surface area contributed by atoms with Crippen molar-refractivity contribution in [2.24, 2.45) is 5.92 Å². The summed E-state index contributed by atoms with van der Waals surface area (Å²) in [6.45, 7) is 7.30. The van der Waals surface area contributed by atoms with E-state index < -0.39 is 0 Å². The number of piperidine rings is 1. The number of pyridine rings is 1. The van der Waals surface area contributed by atoms with Crippen LogP contribution in [-0.4, -0.2) is 40.8 Å². The van der Waals surface area contributed by atoms with Crippen molar-refractivity contribution in [3.8, 4) is 11.3 Å². The monoisotopic (exact) mass is 379 g/mol. The maximum absolute atomic E-state index is 13.2. The average molecular weight is 380 g/mol. The topological polar surface area (TPSA) is 62.3 Å². The Hall–Kier alpha value is -2.69. The number of hydrogen-bond donors (Lipinski definition) is 1. The van der Waals surface area contributed by atoms with Gasteiger partial charge in [0.05, 0.1) is 11.3 Å². The third-order valence-electron chi connectivity index (χ3n) is 5.59. The molecule has 0 aliphatic carbocycles. The summed E-state index contributed by atoms with van der Waals surface area (Å²) in [5.74, 6) is 0.0957. The van der Waals surface area contributed by atoms with E-state index >= 15 is 0 Å². The van der Waals surface area contributed by atoms with Gasteiger partial charge in [-0.15, -0.1) is 0 Å².